The molecule has 0 aliphatic rings. The first kappa shape index (κ1) is 20.8. The van der Waals surface area contributed by atoms with Crippen LogP contribution in [0.3, 0.4) is 0 Å². The van der Waals surface area contributed by atoms with Gasteiger partial charge in [-0.25, -0.2) is 0 Å². The van der Waals surface area contributed by atoms with Gasteiger partial charge in [-0.1, -0.05) is 18.2 Å². The van der Waals surface area contributed by atoms with Crippen LogP contribution in [0.1, 0.15) is 13.8 Å². The lowest BCUT2D eigenvalue weighted by Crippen LogP contribution is -2.40. The predicted molar refractivity (Wildman–Crippen MR) is 116 cm³/mol. The molecule has 154 valence electrons. The van der Waals surface area contributed by atoms with E-state index in [1.807, 2.05) is 68.4 Å². The third-order valence-electron chi connectivity index (χ3n) is 4.48. The van der Waals surface area contributed by atoms with E-state index in [4.69, 9.17) is 0 Å². The maximum Gasteiger partial charge on any atom is 0.285 e. The smallest absolute Gasteiger partial charge is 0.285 e. The van der Waals surface area contributed by atoms with E-state index in [-0.39, 0.29) is 24.2 Å². The molecule has 0 fully saturated rings. The highest BCUT2D eigenvalue weighted by molar-refractivity contribution is 5.94. The fraction of sp³-hybridized carbons (Fsp3) is 0.182. The van der Waals surface area contributed by atoms with Gasteiger partial charge in [0.15, 0.2) is 0 Å². The molecule has 0 saturated heterocycles. The highest BCUT2D eigenvalue weighted by Crippen LogP contribution is 2.23. The minimum absolute atomic E-state index is 0.167. The van der Waals surface area contributed by atoms with Crippen LogP contribution >= 0.6 is 0 Å². The summed E-state index contributed by atoms with van der Waals surface area (Å²) in [5.74, 6) is -0.337. The number of para-hydroxylation sites is 1. The van der Waals surface area contributed by atoms with Gasteiger partial charge in [-0.05, 0) is 50.2 Å². The molecule has 0 aliphatic heterocycles. The number of pyridine rings is 1. The quantitative estimate of drug-likeness (QED) is 0.473. The molecule has 1 N–H and O–H groups in total. The number of carbonyl (C=O) groups excluding carboxylic acids is 1. The lowest BCUT2D eigenvalue weighted by atomic mass is 10.2. The molecule has 0 bridgehead atoms. The number of carbonyl (C=O) groups is 1. The Bertz CT molecular complexity index is 1090. The molecule has 2 aromatic carbocycles. The molecule has 8 nitrogen and oxygen atoms in total. The maximum atomic E-state index is 12.9. The molecule has 0 spiro atoms. The first-order valence-corrected chi connectivity index (χ1v) is 9.44. The Balaban J connectivity index is 1.80. The fourth-order valence-corrected chi connectivity index (χ4v) is 3.10. The number of amides is 1. The lowest BCUT2D eigenvalue weighted by molar-refractivity contribution is -0.385. The second-order valence-corrected chi connectivity index (χ2v) is 7.01. The van der Waals surface area contributed by atoms with Crippen LogP contribution in [0.25, 0.3) is 0 Å². The number of hydrogen-bond donors (Lipinski definition) is 1. The Morgan fingerprint density at radius 1 is 1.03 bits per heavy atom. The maximum absolute atomic E-state index is 12.9. The van der Waals surface area contributed by atoms with Gasteiger partial charge in [-0.3, -0.25) is 24.3 Å². The van der Waals surface area contributed by atoms with E-state index in [1.54, 1.807) is 4.90 Å². The fourth-order valence-electron chi connectivity index (χ4n) is 3.10. The van der Waals surface area contributed by atoms with Gasteiger partial charge < -0.3 is 10.2 Å². The summed E-state index contributed by atoms with van der Waals surface area (Å²) in [6.07, 6.45) is 1.09. The molecule has 0 saturated carbocycles. The number of rotatable bonds is 7. The summed E-state index contributed by atoms with van der Waals surface area (Å²) in [5, 5.41) is 14.2. The monoisotopic (exact) mass is 406 g/mol. The highest BCUT2D eigenvalue weighted by Gasteiger charge is 2.20. The van der Waals surface area contributed by atoms with E-state index in [0.717, 1.165) is 34.3 Å². The van der Waals surface area contributed by atoms with Crippen molar-refractivity contribution in [2.45, 2.75) is 26.4 Å². The van der Waals surface area contributed by atoms with Gasteiger partial charge in [0.05, 0.1) is 11.1 Å². The van der Waals surface area contributed by atoms with Crippen LogP contribution in [0.5, 0.6) is 0 Å². The second kappa shape index (κ2) is 9.04. The number of nitrogens with one attached hydrogen (secondary N) is 1. The van der Waals surface area contributed by atoms with Crippen molar-refractivity contribution in [2.75, 3.05) is 10.2 Å². The average Bonchev–Trinajstić information content (AvgIpc) is 2.71. The molecule has 0 unspecified atom stereocenters. The van der Waals surface area contributed by atoms with E-state index in [2.05, 4.69) is 5.32 Å². The molecule has 0 aliphatic carbocycles. The summed E-state index contributed by atoms with van der Waals surface area (Å²) in [5.41, 5.74) is 1.78. The van der Waals surface area contributed by atoms with Crippen LogP contribution in [0, 0.1) is 10.1 Å². The number of aromatic nitrogens is 1. The Morgan fingerprint density at radius 3 is 2.27 bits per heavy atom. The van der Waals surface area contributed by atoms with Crippen LogP contribution in [-0.2, 0) is 11.3 Å². The standard InChI is InChI=1S/C22H22N4O4/c1-16(2)25(22(28)15-24-14-20(26(29)30)12-13-21(24)27)19-10-8-18(9-11-19)23-17-6-4-3-5-7-17/h3-14,16,23H,15H2,1-2H3. The van der Waals surface area contributed by atoms with Crippen LogP contribution in [0.15, 0.2) is 77.7 Å². The molecule has 1 heterocycles. The molecular weight excluding hydrogens is 384 g/mol. The summed E-state index contributed by atoms with van der Waals surface area (Å²) >= 11 is 0. The average molecular weight is 406 g/mol. The van der Waals surface area contributed by atoms with Crippen molar-refractivity contribution in [1.82, 2.24) is 4.57 Å². The summed E-state index contributed by atoms with van der Waals surface area (Å²) < 4.78 is 1.06. The molecule has 8 heteroatoms. The zero-order valence-electron chi connectivity index (χ0n) is 16.7. The van der Waals surface area contributed by atoms with Gasteiger partial charge in [0.1, 0.15) is 6.54 Å². The molecule has 0 radical (unpaired) electrons. The van der Waals surface area contributed by atoms with E-state index < -0.39 is 10.5 Å². The van der Waals surface area contributed by atoms with Crippen molar-refractivity contribution in [2.24, 2.45) is 0 Å². The van der Waals surface area contributed by atoms with Crippen molar-refractivity contribution in [3.63, 3.8) is 0 Å². The molecule has 0 atom stereocenters. The molecular formula is C22H22N4O4. The normalized spacial score (nSPS) is 10.6. The first-order valence-electron chi connectivity index (χ1n) is 9.44. The van der Waals surface area contributed by atoms with Gasteiger partial charge in [-0.15, -0.1) is 0 Å². The van der Waals surface area contributed by atoms with Crippen molar-refractivity contribution in [3.05, 3.63) is 93.4 Å². The topological polar surface area (TPSA) is 97.5 Å². The van der Waals surface area contributed by atoms with E-state index in [9.17, 15) is 19.7 Å². The number of nitrogens with zero attached hydrogens (tertiary/aromatic N) is 3. The third kappa shape index (κ3) is 4.91. The summed E-state index contributed by atoms with van der Waals surface area (Å²) in [6.45, 7) is 3.44. The summed E-state index contributed by atoms with van der Waals surface area (Å²) in [4.78, 5) is 36.9. The third-order valence-corrected chi connectivity index (χ3v) is 4.48. The van der Waals surface area contributed by atoms with Gasteiger partial charge in [0, 0.05) is 35.2 Å². The van der Waals surface area contributed by atoms with Crippen LogP contribution in [0.2, 0.25) is 0 Å². The number of anilines is 3. The predicted octanol–water partition coefficient (Wildman–Crippen LogP) is 3.94. The lowest BCUT2D eigenvalue weighted by Gasteiger charge is -2.27. The summed E-state index contributed by atoms with van der Waals surface area (Å²) in [7, 11) is 0. The number of benzene rings is 2. The molecule has 3 aromatic rings. The van der Waals surface area contributed by atoms with Gasteiger partial charge in [0.25, 0.3) is 11.2 Å². The van der Waals surface area contributed by atoms with Crippen molar-refractivity contribution < 1.29 is 9.72 Å². The van der Waals surface area contributed by atoms with Crippen LogP contribution < -0.4 is 15.8 Å². The SMILES string of the molecule is CC(C)N(C(=O)Cn1cc([N+](=O)[O-])ccc1=O)c1ccc(Nc2ccccc2)cc1. The van der Waals surface area contributed by atoms with Crippen molar-refractivity contribution in [3.8, 4) is 0 Å². The Kier molecular flexibility index (Phi) is 6.26. The van der Waals surface area contributed by atoms with E-state index >= 15 is 0 Å². The summed E-state index contributed by atoms with van der Waals surface area (Å²) in [6, 6.07) is 19.1. The van der Waals surface area contributed by atoms with Crippen LogP contribution in [0.4, 0.5) is 22.7 Å². The molecule has 3 rings (SSSR count). The minimum Gasteiger partial charge on any atom is -0.356 e. The highest BCUT2D eigenvalue weighted by atomic mass is 16.6. The van der Waals surface area contributed by atoms with E-state index in [1.165, 1.54) is 0 Å². The van der Waals surface area contributed by atoms with Gasteiger partial charge in [0.2, 0.25) is 5.91 Å². The van der Waals surface area contributed by atoms with Gasteiger partial charge in [-0.2, -0.15) is 0 Å². The van der Waals surface area contributed by atoms with Crippen molar-refractivity contribution in [1.29, 1.82) is 0 Å². The largest absolute Gasteiger partial charge is 0.356 e. The van der Waals surface area contributed by atoms with Gasteiger partial charge >= 0.3 is 0 Å². The Labute approximate surface area is 173 Å². The molecule has 1 aromatic heterocycles. The number of nitro groups is 1. The number of hydrogen-bond acceptors (Lipinski definition) is 5. The Morgan fingerprint density at radius 2 is 1.67 bits per heavy atom. The minimum atomic E-state index is -0.598. The second-order valence-electron chi connectivity index (χ2n) is 7.01. The molecule has 1 amide bonds. The zero-order chi connectivity index (χ0) is 21.7. The van der Waals surface area contributed by atoms with E-state index in [0.29, 0.717) is 5.69 Å². The van der Waals surface area contributed by atoms with Crippen LogP contribution in [-0.4, -0.2) is 21.4 Å². The zero-order valence-corrected chi connectivity index (χ0v) is 16.7. The Hall–Kier alpha value is -3.94. The first-order chi connectivity index (χ1) is 14.3. The van der Waals surface area contributed by atoms with Crippen molar-refractivity contribution >= 4 is 28.7 Å². The molecule has 30 heavy (non-hydrogen) atoms.